The van der Waals surface area contributed by atoms with Gasteiger partial charge in [0.15, 0.2) is 21.1 Å². The van der Waals surface area contributed by atoms with E-state index >= 15 is 0 Å². The minimum Gasteiger partial charge on any atom is -0.465 e. The predicted octanol–water partition coefficient (Wildman–Crippen LogP) is 2.12. The lowest BCUT2D eigenvalue weighted by molar-refractivity contribution is 0.0601. The molecule has 0 fully saturated rings. The van der Waals surface area contributed by atoms with E-state index in [1.807, 2.05) is 0 Å². The van der Waals surface area contributed by atoms with E-state index in [0.717, 1.165) is 13.2 Å². The van der Waals surface area contributed by atoms with Crippen LogP contribution < -0.4 is 16.8 Å². The first-order valence-corrected chi connectivity index (χ1v) is 12.8. The third-order valence-electron chi connectivity index (χ3n) is 5.12. The van der Waals surface area contributed by atoms with Crippen LogP contribution >= 0.6 is 0 Å². The number of hydrogen-bond acceptors (Lipinski definition) is 10. The topological polar surface area (TPSA) is 224 Å². The van der Waals surface area contributed by atoms with Gasteiger partial charge < -0.3 is 20.6 Å². The second-order valence-corrected chi connectivity index (χ2v) is 9.86. The molecule has 12 nitrogen and oxygen atoms in total. The van der Waals surface area contributed by atoms with E-state index in [-0.39, 0.29) is 27.6 Å². The largest absolute Gasteiger partial charge is 0.465 e. The number of benzene rings is 3. The van der Waals surface area contributed by atoms with Crippen molar-refractivity contribution < 1.29 is 39.9 Å². The molecule has 0 radical (unpaired) electrons. The van der Waals surface area contributed by atoms with E-state index in [0.29, 0.717) is 0 Å². The van der Waals surface area contributed by atoms with Crippen LogP contribution in [0.5, 0.6) is 0 Å². The van der Waals surface area contributed by atoms with Crippen LogP contribution in [0.2, 0.25) is 0 Å². The molecule has 1 aliphatic carbocycles. The number of ether oxygens (including phenoxy) is 1. The Labute approximate surface area is 205 Å². The van der Waals surface area contributed by atoms with Gasteiger partial charge in [-0.3, -0.25) is 14.5 Å². The summed E-state index contributed by atoms with van der Waals surface area (Å²) in [5, 5.41) is 7.39. The highest BCUT2D eigenvalue weighted by Crippen LogP contribution is 2.45. The Hall–Kier alpha value is -3.82. The van der Waals surface area contributed by atoms with Gasteiger partial charge in [0.1, 0.15) is 0 Å². The van der Waals surface area contributed by atoms with Crippen LogP contribution in [0.3, 0.4) is 0 Å². The maximum Gasteiger partial charge on any atom is 0.338 e. The van der Waals surface area contributed by atoms with Crippen molar-refractivity contribution in [2.24, 2.45) is 5.73 Å². The number of nitrogens with two attached hydrogens (primary N) is 2. The maximum absolute atomic E-state index is 12.5. The van der Waals surface area contributed by atoms with Gasteiger partial charge in [-0.1, -0.05) is 18.2 Å². The number of hydrogen-bond donors (Lipinski definition) is 5. The lowest BCUT2D eigenvalue weighted by Gasteiger charge is -2.20. The van der Waals surface area contributed by atoms with Crippen LogP contribution in [0, 0.1) is 5.41 Å². The second kappa shape index (κ2) is 9.67. The first-order chi connectivity index (χ1) is 16.9. The summed E-state index contributed by atoms with van der Waals surface area (Å²) in [5.41, 5.74) is 9.73. The number of fused-ring (bicyclic) bond motifs is 2. The number of methoxy groups -OCH3 is 1. The molecule has 4 rings (SSSR count). The zero-order valence-electron chi connectivity index (χ0n) is 18.8. The van der Waals surface area contributed by atoms with E-state index in [2.05, 4.69) is 5.73 Å². The molecule has 1 aliphatic heterocycles. The predicted molar refractivity (Wildman–Crippen MR) is 130 cm³/mol. The van der Waals surface area contributed by atoms with Crippen molar-refractivity contribution in [3.05, 3.63) is 59.5 Å². The van der Waals surface area contributed by atoms with E-state index < -0.39 is 58.4 Å². The highest BCUT2D eigenvalue weighted by molar-refractivity contribution is 7.86. The number of nitrogens with one attached hydrogen (secondary N) is 1. The molecular formula is C22H21N3O9S2. The quantitative estimate of drug-likeness (QED) is 0.110. The lowest BCUT2D eigenvalue weighted by atomic mass is 9.90. The standard InChI is InChI=1S/C21H16N2O9S2.CH5N/c1-31-21(24)11-5-3-2-4-10(11)16-12-6-8-14(22)19(33(25,26)27)17(12)32-18-13(16)7-9-15(23)20(18)34(28,29)30;1-2/h2-9,22H,23H2,1H3,(H,25,26,27)(H,28,29,30);2H2,1H3. The molecule has 0 unspecified atom stereocenters. The Kier molecular flexibility index (Phi) is 7.20. The monoisotopic (exact) mass is 535 g/mol. The minimum absolute atomic E-state index is 0.0264. The molecule has 190 valence electrons. The average Bonchev–Trinajstić information content (AvgIpc) is 2.81. The number of nitrogen functional groups attached to an aromatic ring is 1. The molecule has 0 atom stereocenters. The van der Waals surface area contributed by atoms with Gasteiger partial charge in [0.25, 0.3) is 20.2 Å². The Morgan fingerprint density at radius 2 is 1.53 bits per heavy atom. The van der Waals surface area contributed by atoms with Crippen LogP contribution in [0.4, 0.5) is 5.69 Å². The van der Waals surface area contributed by atoms with Gasteiger partial charge in [-0.25, -0.2) is 4.79 Å². The third kappa shape index (κ3) is 4.55. The van der Waals surface area contributed by atoms with Crippen LogP contribution in [0.1, 0.15) is 10.4 Å². The van der Waals surface area contributed by atoms with Crippen molar-refractivity contribution in [2.45, 2.75) is 9.79 Å². The van der Waals surface area contributed by atoms with Crippen LogP contribution in [-0.2, 0) is 25.0 Å². The normalized spacial score (nSPS) is 11.7. The van der Waals surface area contributed by atoms with Gasteiger partial charge in [-0.15, -0.1) is 0 Å². The van der Waals surface area contributed by atoms with Gasteiger partial charge in [-0.2, -0.15) is 16.8 Å². The number of anilines is 1. The third-order valence-corrected chi connectivity index (χ3v) is 6.97. The Morgan fingerprint density at radius 3 is 2.11 bits per heavy atom. The smallest absolute Gasteiger partial charge is 0.338 e. The second-order valence-electron chi connectivity index (χ2n) is 7.14. The summed E-state index contributed by atoms with van der Waals surface area (Å²) in [6.07, 6.45) is 0. The van der Waals surface area contributed by atoms with Crippen molar-refractivity contribution in [1.29, 1.82) is 5.41 Å². The lowest BCUT2D eigenvalue weighted by Crippen LogP contribution is -2.16. The summed E-state index contributed by atoms with van der Waals surface area (Å²) >= 11 is 0. The molecule has 0 amide bonds. The first kappa shape index (κ1) is 26.8. The molecule has 2 aromatic carbocycles. The van der Waals surface area contributed by atoms with Crippen molar-refractivity contribution >= 4 is 42.9 Å². The van der Waals surface area contributed by atoms with Crippen LogP contribution in [0.25, 0.3) is 33.4 Å². The molecule has 2 aromatic rings. The van der Waals surface area contributed by atoms with Gasteiger partial charge in [0.2, 0.25) is 0 Å². The zero-order chi connectivity index (χ0) is 27.0. The van der Waals surface area contributed by atoms with Gasteiger partial charge in [-0.05, 0) is 42.9 Å². The van der Waals surface area contributed by atoms with Crippen LogP contribution in [0.15, 0.2) is 62.7 Å². The molecule has 0 spiro atoms. The molecule has 7 N–H and O–H groups in total. The van der Waals surface area contributed by atoms with E-state index in [1.54, 1.807) is 12.1 Å². The SMILES string of the molecule is CN.COC(=O)c1ccccc1-c1c2ccc(=N)c(S(=O)(=O)O)c-2oc2c(S(=O)(=O)O)c(N)ccc12. The molecule has 0 saturated carbocycles. The molecule has 1 heterocycles. The van der Waals surface area contributed by atoms with Crippen molar-refractivity contribution in [1.82, 2.24) is 0 Å². The minimum atomic E-state index is -5.03. The summed E-state index contributed by atoms with van der Waals surface area (Å²) in [5.74, 6) is -1.32. The molecule has 14 heteroatoms. The first-order valence-electron chi connectivity index (χ1n) is 9.93. The number of esters is 1. The number of carbonyl (C=O) groups excluding carboxylic acids is 1. The Balaban J connectivity index is 0.00000176. The zero-order valence-corrected chi connectivity index (χ0v) is 20.5. The molecule has 0 aromatic heterocycles. The van der Waals surface area contributed by atoms with Crippen molar-refractivity contribution in [3.63, 3.8) is 0 Å². The fraction of sp³-hybridized carbons (Fsp3) is 0.0909. The molecule has 2 aliphatic rings. The van der Waals surface area contributed by atoms with E-state index in [9.17, 15) is 30.7 Å². The van der Waals surface area contributed by atoms with E-state index in [4.69, 9.17) is 20.3 Å². The van der Waals surface area contributed by atoms with E-state index in [1.165, 1.54) is 37.4 Å². The maximum atomic E-state index is 12.5. The summed E-state index contributed by atoms with van der Waals surface area (Å²) in [7, 11) is -7.36. The Bertz CT molecular complexity index is 1740. The summed E-state index contributed by atoms with van der Waals surface area (Å²) in [4.78, 5) is 10.7. The number of carbonyl (C=O) groups is 1. The fourth-order valence-electron chi connectivity index (χ4n) is 3.79. The summed E-state index contributed by atoms with van der Waals surface area (Å²) in [6, 6.07) is 11.1. The van der Waals surface area contributed by atoms with Crippen molar-refractivity contribution in [2.75, 3.05) is 19.9 Å². The summed E-state index contributed by atoms with van der Waals surface area (Å²) in [6.45, 7) is 0. The van der Waals surface area contributed by atoms with Gasteiger partial charge >= 0.3 is 5.97 Å². The van der Waals surface area contributed by atoms with Gasteiger partial charge in [0, 0.05) is 16.5 Å². The summed E-state index contributed by atoms with van der Waals surface area (Å²) < 4.78 is 78.6. The van der Waals surface area contributed by atoms with Crippen molar-refractivity contribution in [3.8, 4) is 22.5 Å². The fourth-order valence-corrected chi connectivity index (χ4v) is 5.27. The number of rotatable bonds is 4. The molecule has 0 bridgehead atoms. The highest BCUT2D eigenvalue weighted by atomic mass is 32.2. The molecule has 36 heavy (non-hydrogen) atoms. The Morgan fingerprint density at radius 1 is 0.917 bits per heavy atom. The highest BCUT2D eigenvalue weighted by Gasteiger charge is 2.31. The molecular weight excluding hydrogens is 514 g/mol. The van der Waals surface area contributed by atoms with Gasteiger partial charge in [0.05, 0.1) is 23.7 Å². The van der Waals surface area contributed by atoms with Crippen LogP contribution in [-0.4, -0.2) is 46.1 Å². The average molecular weight is 536 g/mol. The molecule has 0 saturated heterocycles.